The van der Waals surface area contributed by atoms with Gasteiger partial charge in [0.15, 0.2) is 0 Å². The molecular weight excluding hydrogens is 364 g/mol. The standard InChI is InChI=1S/C16H11Cl2F3N2O/c17-10-4-9(5-11(18)7-10)13-14(8-2-1-3-12(22)6-8)23-24-15(13)16(19,20)21/h1-7,13,15H,22H2/t13?,15-/m0/s1. The summed E-state index contributed by atoms with van der Waals surface area (Å²) in [6, 6.07) is 10.7. The number of alkyl halides is 3. The molecule has 3 rings (SSSR count). The predicted octanol–water partition coefficient (Wildman–Crippen LogP) is 5.02. The van der Waals surface area contributed by atoms with Gasteiger partial charge in [-0.1, -0.05) is 40.5 Å². The lowest BCUT2D eigenvalue weighted by Crippen LogP contribution is -2.35. The van der Waals surface area contributed by atoms with E-state index in [0.29, 0.717) is 11.3 Å². The van der Waals surface area contributed by atoms with Crippen LogP contribution in [0.3, 0.4) is 0 Å². The number of nitrogens with two attached hydrogens (primary N) is 1. The van der Waals surface area contributed by atoms with Crippen LogP contribution in [0, 0.1) is 0 Å². The Bertz CT molecular complexity index is 788. The highest BCUT2D eigenvalue weighted by Crippen LogP contribution is 2.42. The van der Waals surface area contributed by atoms with Crippen molar-refractivity contribution in [1.82, 2.24) is 0 Å². The molecule has 1 heterocycles. The van der Waals surface area contributed by atoms with E-state index in [0.717, 1.165) is 0 Å². The summed E-state index contributed by atoms with van der Waals surface area (Å²) in [7, 11) is 0. The van der Waals surface area contributed by atoms with Gasteiger partial charge in [-0.05, 0) is 35.9 Å². The number of hydrogen-bond donors (Lipinski definition) is 1. The highest BCUT2D eigenvalue weighted by atomic mass is 35.5. The van der Waals surface area contributed by atoms with E-state index in [1.165, 1.54) is 18.2 Å². The molecule has 1 aliphatic heterocycles. The van der Waals surface area contributed by atoms with E-state index >= 15 is 0 Å². The second kappa shape index (κ2) is 6.18. The molecule has 1 aliphatic rings. The van der Waals surface area contributed by atoms with Crippen LogP contribution in [0.15, 0.2) is 47.6 Å². The van der Waals surface area contributed by atoms with Crippen molar-refractivity contribution in [3.8, 4) is 0 Å². The highest BCUT2D eigenvalue weighted by Gasteiger charge is 2.53. The summed E-state index contributed by atoms with van der Waals surface area (Å²) in [6.07, 6.45) is -6.73. The molecule has 24 heavy (non-hydrogen) atoms. The predicted molar refractivity (Wildman–Crippen MR) is 87.5 cm³/mol. The molecule has 8 heteroatoms. The van der Waals surface area contributed by atoms with Gasteiger partial charge >= 0.3 is 6.18 Å². The lowest BCUT2D eigenvalue weighted by Gasteiger charge is -2.22. The van der Waals surface area contributed by atoms with Crippen molar-refractivity contribution in [2.24, 2.45) is 5.16 Å². The van der Waals surface area contributed by atoms with Crippen molar-refractivity contribution in [2.75, 3.05) is 5.73 Å². The van der Waals surface area contributed by atoms with Gasteiger partial charge in [0.1, 0.15) is 0 Å². The van der Waals surface area contributed by atoms with Gasteiger partial charge in [0, 0.05) is 21.3 Å². The number of hydrogen-bond acceptors (Lipinski definition) is 3. The second-order valence-electron chi connectivity index (χ2n) is 5.35. The van der Waals surface area contributed by atoms with E-state index in [9.17, 15) is 13.2 Å². The third-order valence-electron chi connectivity index (χ3n) is 3.61. The summed E-state index contributed by atoms with van der Waals surface area (Å²) < 4.78 is 40.1. The minimum atomic E-state index is -4.61. The fourth-order valence-corrected chi connectivity index (χ4v) is 3.18. The molecule has 1 unspecified atom stereocenters. The van der Waals surface area contributed by atoms with E-state index in [1.54, 1.807) is 24.3 Å². The van der Waals surface area contributed by atoms with Crippen LogP contribution in [0.4, 0.5) is 18.9 Å². The van der Waals surface area contributed by atoms with Crippen LogP contribution >= 0.6 is 23.2 Å². The zero-order valence-electron chi connectivity index (χ0n) is 12.0. The van der Waals surface area contributed by atoms with Gasteiger partial charge in [0.2, 0.25) is 6.10 Å². The third kappa shape index (κ3) is 3.30. The first kappa shape index (κ1) is 16.9. The largest absolute Gasteiger partial charge is 0.429 e. The molecule has 0 radical (unpaired) electrons. The number of halogens is 5. The summed E-state index contributed by atoms with van der Waals surface area (Å²) in [5.74, 6) is -1.19. The van der Waals surface area contributed by atoms with E-state index in [2.05, 4.69) is 5.16 Å². The molecule has 0 saturated carbocycles. The molecular formula is C16H11Cl2F3N2O. The molecule has 2 aromatic carbocycles. The first-order chi connectivity index (χ1) is 11.3. The lowest BCUT2D eigenvalue weighted by molar-refractivity contribution is -0.216. The zero-order chi connectivity index (χ0) is 17.5. The number of nitrogens with zero attached hydrogens (tertiary/aromatic N) is 1. The van der Waals surface area contributed by atoms with Crippen molar-refractivity contribution in [2.45, 2.75) is 18.2 Å². The van der Waals surface area contributed by atoms with Crippen LogP contribution in [0.25, 0.3) is 0 Å². The van der Waals surface area contributed by atoms with Crippen molar-refractivity contribution >= 4 is 34.6 Å². The molecule has 0 spiro atoms. The van der Waals surface area contributed by atoms with Crippen molar-refractivity contribution in [3.05, 3.63) is 63.6 Å². The Morgan fingerprint density at radius 1 is 1.04 bits per heavy atom. The third-order valence-corrected chi connectivity index (χ3v) is 4.05. The number of anilines is 1. The van der Waals surface area contributed by atoms with E-state index in [-0.39, 0.29) is 21.3 Å². The normalized spacial score (nSPS) is 20.6. The van der Waals surface area contributed by atoms with E-state index in [4.69, 9.17) is 33.8 Å². The van der Waals surface area contributed by atoms with E-state index < -0.39 is 18.2 Å². The number of nitrogen functional groups attached to an aromatic ring is 1. The molecule has 0 aromatic heterocycles. The molecule has 2 aromatic rings. The first-order valence-corrected chi connectivity index (χ1v) is 7.63. The highest BCUT2D eigenvalue weighted by molar-refractivity contribution is 6.34. The van der Waals surface area contributed by atoms with Crippen LogP contribution in [-0.4, -0.2) is 18.0 Å². The number of rotatable bonds is 2. The Morgan fingerprint density at radius 2 is 1.71 bits per heavy atom. The summed E-state index contributed by atoms with van der Waals surface area (Å²) in [4.78, 5) is 4.71. The number of benzene rings is 2. The molecule has 2 atom stereocenters. The van der Waals surface area contributed by atoms with Crippen LogP contribution in [0.2, 0.25) is 10.0 Å². The fraction of sp³-hybridized carbons (Fsp3) is 0.188. The monoisotopic (exact) mass is 374 g/mol. The molecule has 0 fully saturated rings. The Balaban J connectivity index is 2.11. The van der Waals surface area contributed by atoms with Gasteiger partial charge in [-0.3, -0.25) is 0 Å². The second-order valence-corrected chi connectivity index (χ2v) is 6.22. The van der Waals surface area contributed by atoms with E-state index in [1.807, 2.05) is 0 Å². The maximum Gasteiger partial charge on any atom is 0.429 e. The van der Waals surface area contributed by atoms with Crippen molar-refractivity contribution < 1.29 is 18.0 Å². The van der Waals surface area contributed by atoms with Gasteiger partial charge in [-0.25, -0.2) is 0 Å². The van der Waals surface area contributed by atoms with Gasteiger partial charge in [-0.2, -0.15) is 13.2 Å². The molecule has 0 aliphatic carbocycles. The molecule has 126 valence electrons. The molecule has 3 nitrogen and oxygen atoms in total. The summed E-state index contributed by atoms with van der Waals surface area (Å²) >= 11 is 11.9. The van der Waals surface area contributed by atoms with Crippen LogP contribution < -0.4 is 5.73 Å². The van der Waals surface area contributed by atoms with Crippen molar-refractivity contribution in [3.63, 3.8) is 0 Å². The summed E-state index contributed by atoms with van der Waals surface area (Å²) in [5.41, 5.74) is 6.98. The van der Waals surface area contributed by atoms with Crippen LogP contribution in [0.1, 0.15) is 17.0 Å². The minimum Gasteiger partial charge on any atom is -0.399 e. The SMILES string of the molecule is Nc1cccc(C2=NO[C@H](C(F)(F)F)C2c2cc(Cl)cc(Cl)c2)c1. The fourth-order valence-electron chi connectivity index (χ4n) is 2.64. The molecule has 0 saturated heterocycles. The smallest absolute Gasteiger partial charge is 0.399 e. The van der Waals surface area contributed by atoms with Gasteiger partial charge in [0.05, 0.1) is 11.6 Å². The topological polar surface area (TPSA) is 47.6 Å². The Morgan fingerprint density at radius 3 is 2.29 bits per heavy atom. The zero-order valence-corrected chi connectivity index (χ0v) is 13.5. The molecule has 2 N–H and O–H groups in total. The lowest BCUT2D eigenvalue weighted by atomic mass is 9.85. The first-order valence-electron chi connectivity index (χ1n) is 6.88. The summed E-state index contributed by atoms with van der Waals surface area (Å²) in [6.45, 7) is 0. The molecule has 0 amide bonds. The molecule has 0 bridgehead atoms. The van der Waals surface area contributed by atoms with Gasteiger partial charge in [0.25, 0.3) is 0 Å². The van der Waals surface area contributed by atoms with Crippen LogP contribution in [0.5, 0.6) is 0 Å². The summed E-state index contributed by atoms with van der Waals surface area (Å²) in [5, 5.41) is 4.13. The minimum absolute atomic E-state index is 0.128. The van der Waals surface area contributed by atoms with Crippen LogP contribution in [-0.2, 0) is 4.84 Å². The number of oxime groups is 1. The Labute approximate surface area is 145 Å². The average molecular weight is 375 g/mol. The van der Waals surface area contributed by atoms with Crippen molar-refractivity contribution in [1.29, 1.82) is 0 Å². The quantitative estimate of drug-likeness (QED) is 0.749. The maximum absolute atomic E-state index is 13.4. The maximum atomic E-state index is 13.4. The van der Waals surface area contributed by atoms with Gasteiger partial charge in [-0.15, -0.1) is 0 Å². The van der Waals surface area contributed by atoms with Gasteiger partial charge < -0.3 is 10.6 Å². The average Bonchev–Trinajstić information content (AvgIpc) is 2.91. The Kier molecular flexibility index (Phi) is 4.36. The Hall–Kier alpha value is -1.92.